The van der Waals surface area contributed by atoms with E-state index in [0.29, 0.717) is 11.3 Å². The van der Waals surface area contributed by atoms with Crippen molar-refractivity contribution in [3.63, 3.8) is 0 Å². The van der Waals surface area contributed by atoms with Gasteiger partial charge in [0, 0.05) is 27.6 Å². The topological polar surface area (TPSA) is 68.0 Å². The Hall–Kier alpha value is -2.90. The molecule has 5 nitrogen and oxygen atoms in total. The van der Waals surface area contributed by atoms with Crippen molar-refractivity contribution in [1.82, 2.24) is 10.1 Å². The van der Waals surface area contributed by atoms with E-state index in [4.69, 9.17) is 4.52 Å². The Morgan fingerprint density at radius 1 is 1.14 bits per heavy atom. The number of carbonyl (C=O) groups is 1. The molecule has 2 aromatic heterocycles. The zero-order valence-corrected chi connectivity index (χ0v) is 17.6. The minimum Gasteiger partial charge on any atom is -0.360 e. The molecule has 4 rings (SSSR count). The van der Waals surface area contributed by atoms with Gasteiger partial charge in [-0.1, -0.05) is 29.4 Å². The molecule has 1 N–H and O–H groups in total. The molecule has 0 spiro atoms. The number of aromatic nitrogens is 2. The highest BCUT2D eigenvalue weighted by Crippen LogP contribution is 2.28. The zero-order chi connectivity index (χ0) is 20.2. The molecule has 0 aliphatic rings. The lowest BCUT2D eigenvalue weighted by molar-refractivity contribution is 0.102. The summed E-state index contributed by atoms with van der Waals surface area (Å²) in [6, 6.07) is 17.2. The van der Waals surface area contributed by atoms with E-state index in [1.54, 1.807) is 23.1 Å². The highest BCUT2D eigenvalue weighted by atomic mass is 32.2. The van der Waals surface area contributed by atoms with E-state index in [-0.39, 0.29) is 5.91 Å². The van der Waals surface area contributed by atoms with Gasteiger partial charge in [0.2, 0.25) is 0 Å². The number of rotatable bonds is 6. The standard InChI is InChI=1S/C22H19N3O2S2/c1-14-11-18(27-25-14)12-29-21-6-4-3-5-19(21)22(26)24-17-9-7-16(8-10-17)20-13-28-15(2)23-20/h3-11,13H,12H2,1-2H3,(H,24,26). The summed E-state index contributed by atoms with van der Waals surface area (Å²) in [5.41, 5.74) is 4.22. The van der Waals surface area contributed by atoms with Crippen LogP contribution in [-0.4, -0.2) is 16.0 Å². The fourth-order valence-electron chi connectivity index (χ4n) is 2.83. The number of carbonyl (C=O) groups excluding carboxylic acids is 1. The van der Waals surface area contributed by atoms with Gasteiger partial charge in [-0.05, 0) is 38.1 Å². The van der Waals surface area contributed by atoms with E-state index < -0.39 is 0 Å². The first-order chi connectivity index (χ1) is 14.1. The van der Waals surface area contributed by atoms with Gasteiger partial charge in [0.25, 0.3) is 5.91 Å². The molecule has 0 atom stereocenters. The summed E-state index contributed by atoms with van der Waals surface area (Å²) in [6.07, 6.45) is 0. The van der Waals surface area contributed by atoms with Crippen molar-refractivity contribution in [3.8, 4) is 11.3 Å². The molecule has 0 unspecified atom stereocenters. The largest absolute Gasteiger partial charge is 0.360 e. The van der Waals surface area contributed by atoms with E-state index in [0.717, 1.165) is 38.3 Å². The third-order valence-electron chi connectivity index (χ3n) is 4.24. The molecule has 0 bridgehead atoms. The van der Waals surface area contributed by atoms with E-state index in [9.17, 15) is 4.79 Å². The Bertz CT molecular complexity index is 1130. The summed E-state index contributed by atoms with van der Waals surface area (Å²) in [6.45, 7) is 3.88. The van der Waals surface area contributed by atoms with Crippen LogP contribution < -0.4 is 5.32 Å². The van der Waals surface area contributed by atoms with Gasteiger partial charge in [0.15, 0.2) is 0 Å². The first-order valence-corrected chi connectivity index (χ1v) is 10.9. The summed E-state index contributed by atoms with van der Waals surface area (Å²) < 4.78 is 5.26. The SMILES string of the molecule is Cc1cc(CSc2ccccc2C(=O)Nc2ccc(-c3csc(C)n3)cc2)on1. The van der Waals surface area contributed by atoms with Crippen molar-refractivity contribution in [2.24, 2.45) is 0 Å². The predicted molar refractivity (Wildman–Crippen MR) is 117 cm³/mol. The van der Waals surface area contributed by atoms with Crippen LogP contribution in [0, 0.1) is 13.8 Å². The molecule has 0 aliphatic heterocycles. The number of nitrogens with one attached hydrogen (secondary N) is 1. The van der Waals surface area contributed by atoms with Gasteiger partial charge in [-0.15, -0.1) is 23.1 Å². The number of thioether (sulfide) groups is 1. The Labute approximate surface area is 177 Å². The second-order valence-corrected chi connectivity index (χ2v) is 8.58. The third kappa shape index (κ3) is 4.75. The van der Waals surface area contributed by atoms with Crippen molar-refractivity contribution in [1.29, 1.82) is 0 Å². The number of aryl methyl sites for hydroxylation is 2. The maximum Gasteiger partial charge on any atom is 0.256 e. The Kier molecular flexibility index (Phi) is 5.78. The number of thiazole rings is 1. The van der Waals surface area contributed by atoms with Crippen LogP contribution in [0.5, 0.6) is 0 Å². The van der Waals surface area contributed by atoms with Crippen LogP contribution in [0.15, 0.2) is 69.4 Å². The zero-order valence-electron chi connectivity index (χ0n) is 16.0. The summed E-state index contributed by atoms with van der Waals surface area (Å²) in [4.78, 5) is 18.2. The number of benzene rings is 2. The molecular formula is C22H19N3O2S2. The highest BCUT2D eigenvalue weighted by Gasteiger charge is 2.13. The molecule has 2 aromatic carbocycles. The molecule has 29 heavy (non-hydrogen) atoms. The average molecular weight is 422 g/mol. The highest BCUT2D eigenvalue weighted by molar-refractivity contribution is 7.98. The van der Waals surface area contributed by atoms with Gasteiger partial charge >= 0.3 is 0 Å². The smallest absolute Gasteiger partial charge is 0.256 e. The Morgan fingerprint density at radius 3 is 2.62 bits per heavy atom. The molecule has 0 aliphatic carbocycles. The number of nitrogens with zero attached hydrogens (tertiary/aromatic N) is 2. The fourth-order valence-corrected chi connectivity index (χ4v) is 4.38. The number of hydrogen-bond acceptors (Lipinski definition) is 6. The molecule has 0 saturated heterocycles. The van der Waals surface area contributed by atoms with E-state index >= 15 is 0 Å². The van der Waals surface area contributed by atoms with Crippen LogP contribution in [0.3, 0.4) is 0 Å². The number of amides is 1. The van der Waals surface area contributed by atoms with Crippen molar-refractivity contribution in [3.05, 3.63) is 82.0 Å². The molecule has 0 radical (unpaired) electrons. The van der Waals surface area contributed by atoms with Gasteiger partial charge in [-0.2, -0.15) is 0 Å². The van der Waals surface area contributed by atoms with E-state index in [1.165, 1.54) is 0 Å². The van der Waals surface area contributed by atoms with Crippen molar-refractivity contribution in [2.75, 3.05) is 5.32 Å². The minimum atomic E-state index is -0.140. The average Bonchev–Trinajstić information content (AvgIpc) is 3.35. The van der Waals surface area contributed by atoms with Crippen LogP contribution in [0.2, 0.25) is 0 Å². The first kappa shape index (κ1) is 19.4. The number of anilines is 1. The van der Waals surface area contributed by atoms with Crippen LogP contribution in [0.25, 0.3) is 11.3 Å². The maximum absolute atomic E-state index is 12.8. The van der Waals surface area contributed by atoms with Crippen LogP contribution in [-0.2, 0) is 5.75 Å². The maximum atomic E-state index is 12.8. The molecule has 2 heterocycles. The van der Waals surface area contributed by atoms with Gasteiger partial charge in [0.05, 0.1) is 27.7 Å². The quantitative estimate of drug-likeness (QED) is 0.389. The second kappa shape index (κ2) is 8.63. The van der Waals surface area contributed by atoms with Crippen LogP contribution >= 0.6 is 23.1 Å². The molecule has 0 fully saturated rings. The fraction of sp³-hybridized carbons (Fsp3) is 0.136. The normalized spacial score (nSPS) is 10.8. The van der Waals surface area contributed by atoms with Crippen LogP contribution in [0.4, 0.5) is 5.69 Å². The molecule has 0 saturated carbocycles. The van der Waals surface area contributed by atoms with E-state index in [1.807, 2.05) is 73.8 Å². The van der Waals surface area contributed by atoms with Crippen LogP contribution in [0.1, 0.15) is 26.8 Å². The summed E-state index contributed by atoms with van der Waals surface area (Å²) in [5, 5.41) is 9.95. The molecule has 7 heteroatoms. The second-order valence-electron chi connectivity index (χ2n) is 6.50. The lowest BCUT2D eigenvalue weighted by atomic mass is 10.1. The monoisotopic (exact) mass is 421 g/mol. The third-order valence-corrected chi connectivity index (χ3v) is 6.11. The lowest BCUT2D eigenvalue weighted by Gasteiger charge is -2.10. The van der Waals surface area contributed by atoms with Crippen molar-refractivity contribution < 1.29 is 9.32 Å². The molecule has 1 amide bonds. The minimum absolute atomic E-state index is 0.140. The predicted octanol–water partition coefficient (Wildman–Crippen LogP) is 5.96. The molecule has 4 aromatic rings. The summed E-state index contributed by atoms with van der Waals surface area (Å²) >= 11 is 3.18. The molecule has 146 valence electrons. The Morgan fingerprint density at radius 2 is 1.93 bits per heavy atom. The van der Waals surface area contributed by atoms with E-state index in [2.05, 4.69) is 15.5 Å². The number of hydrogen-bond donors (Lipinski definition) is 1. The van der Waals surface area contributed by atoms with Gasteiger partial charge in [-0.3, -0.25) is 4.79 Å². The summed E-state index contributed by atoms with van der Waals surface area (Å²) in [7, 11) is 0. The van der Waals surface area contributed by atoms with Gasteiger partial charge in [0.1, 0.15) is 5.76 Å². The lowest BCUT2D eigenvalue weighted by Crippen LogP contribution is -2.12. The van der Waals surface area contributed by atoms with Crippen molar-refractivity contribution >= 4 is 34.7 Å². The Balaban J connectivity index is 1.45. The first-order valence-electron chi connectivity index (χ1n) is 9.06. The van der Waals surface area contributed by atoms with Crippen molar-refractivity contribution in [2.45, 2.75) is 24.5 Å². The van der Waals surface area contributed by atoms with Gasteiger partial charge < -0.3 is 9.84 Å². The summed E-state index contributed by atoms with van der Waals surface area (Å²) in [5.74, 6) is 1.27. The van der Waals surface area contributed by atoms with Gasteiger partial charge in [-0.25, -0.2) is 4.98 Å². The molecular weight excluding hydrogens is 402 g/mol.